The maximum atomic E-state index is 5.33. The van der Waals surface area contributed by atoms with Crippen molar-refractivity contribution in [1.82, 2.24) is 31.3 Å². The van der Waals surface area contributed by atoms with E-state index in [1.165, 1.54) is 0 Å². The maximum absolute atomic E-state index is 5.33. The van der Waals surface area contributed by atoms with Crippen LogP contribution in [0.2, 0.25) is 0 Å². The predicted molar refractivity (Wildman–Crippen MR) is 124 cm³/mol. The van der Waals surface area contributed by atoms with Crippen LogP contribution in [0, 0.1) is 0 Å². The number of morpholine rings is 1. The zero-order chi connectivity index (χ0) is 20.8. The van der Waals surface area contributed by atoms with Crippen LogP contribution in [0.25, 0.3) is 0 Å². The third kappa shape index (κ3) is 11.4. The number of rotatable bonds is 10. The third-order valence-corrected chi connectivity index (χ3v) is 4.78. The zero-order valence-electron chi connectivity index (χ0n) is 17.4. The quantitative estimate of drug-likeness (QED) is 0.216. The van der Waals surface area contributed by atoms with E-state index in [1.807, 2.05) is 13.8 Å². The summed E-state index contributed by atoms with van der Waals surface area (Å²) in [7, 11) is 2.06. The van der Waals surface area contributed by atoms with Crippen LogP contribution in [0.5, 0.6) is 0 Å². The highest BCUT2D eigenvalue weighted by Gasteiger charge is 2.09. The van der Waals surface area contributed by atoms with Gasteiger partial charge in [-0.05, 0) is 51.9 Å². The molecule has 11 heteroatoms. The van der Waals surface area contributed by atoms with Crippen molar-refractivity contribution >= 4 is 46.1 Å². The van der Waals surface area contributed by atoms with E-state index in [-0.39, 0.29) is 0 Å². The Labute approximate surface area is 179 Å². The molecule has 0 aliphatic carbocycles. The number of nitrogens with one attached hydrogen (secondary N) is 4. The zero-order valence-corrected chi connectivity index (χ0v) is 19.0. The highest BCUT2D eigenvalue weighted by Crippen LogP contribution is 1.94. The summed E-state index contributed by atoms with van der Waals surface area (Å²) in [5.74, 6) is 0. The molecule has 0 aromatic heterocycles. The molecule has 9 nitrogen and oxygen atoms in total. The van der Waals surface area contributed by atoms with Crippen molar-refractivity contribution in [2.45, 2.75) is 20.8 Å². The lowest BCUT2D eigenvalue weighted by Gasteiger charge is -2.26. The fraction of sp³-hybridized carbons (Fsp3) is 0.765. The highest BCUT2D eigenvalue weighted by molar-refractivity contribution is 7.80. The van der Waals surface area contributed by atoms with Crippen LogP contribution >= 0.6 is 24.4 Å². The first kappa shape index (κ1) is 24.6. The molecular weight excluding hydrogens is 396 g/mol. The second kappa shape index (κ2) is 14.6. The van der Waals surface area contributed by atoms with E-state index >= 15 is 0 Å². The molecule has 1 aliphatic heterocycles. The van der Waals surface area contributed by atoms with Gasteiger partial charge in [-0.2, -0.15) is 10.2 Å². The fourth-order valence-corrected chi connectivity index (χ4v) is 2.48. The summed E-state index contributed by atoms with van der Waals surface area (Å²) < 4.78 is 5.33. The molecule has 160 valence electrons. The first-order valence-electron chi connectivity index (χ1n) is 9.57. The van der Waals surface area contributed by atoms with Crippen molar-refractivity contribution in [3.63, 3.8) is 0 Å². The van der Waals surface area contributed by atoms with Gasteiger partial charge < -0.3 is 20.3 Å². The Morgan fingerprint density at radius 3 is 2.07 bits per heavy atom. The van der Waals surface area contributed by atoms with Crippen molar-refractivity contribution in [2.75, 3.05) is 66.1 Å². The molecule has 0 bridgehead atoms. The molecule has 28 heavy (non-hydrogen) atoms. The largest absolute Gasteiger partial charge is 0.379 e. The van der Waals surface area contributed by atoms with E-state index in [9.17, 15) is 0 Å². The van der Waals surface area contributed by atoms with E-state index in [2.05, 4.69) is 55.5 Å². The highest BCUT2D eigenvalue weighted by atomic mass is 32.1. The van der Waals surface area contributed by atoms with E-state index in [4.69, 9.17) is 29.2 Å². The molecule has 4 N–H and O–H groups in total. The van der Waals surface area contributed by atoms with Gasteiger partial charge in [0.25, 0.3) is 0 Å². The van der Waals surface area contributed by atoms with Crippen molar-refractivity contribution < 1.29 is 4.74 Å². The summed E-state index contributed by atoms with van der Waals surface area (Å²) in [6.07, 6.45) is 0. The minimum atomic E-state index is 0.491. The predicted octanol–water partition coefficient (Wildman–Crippen LogP) is -0.0497. The molecule has 1 rings (SSSR count). The second-order valence-corrected chi connectivity index (χ2v) is 7.30. The van der Waals surface area contributed by atoms with Gasteiger partial charge >= 0.3 is 0 Å². The molecule has 0 aromatic rings. The second-order valence-electron chi connectivity index (χ2n) is 6.48. The summed E-state index contributed by atoms with van der Waals surface area (Å²) in [4.78, 5) is 4.54. The van der Waals surface area contributed by atoms with Gasteiger partial charge in [-0.25, -0.2) is 0 Å². The van der Waals surface area contributed by atoms with E-state index in [0.717, 1.165) is 70.5 Å². The van der Waals surface area contributed by atoms with Gasteiger partial charge in [-0.3, -0.25) is 15.8 Å². The maximum Gasteiger partial charge on any atom is 0.187 e. The Kier molecular flexibility index (Phi) is 12.8. The first-order valence-corrected chi connectivity index (χ1v) is 10.4. The summed E-state index contributed by atoms with van der Waals surface area (Å²) in [5, 5.41) is 15.7. The molecule has 0 amide bonds. The van der Waals surface area contributed by atoms with Gasteiger partial charge in [-0.15, -0.1) is 0 Å². The Morgan fingerprint density at radius 1 is 1.00 bits per heavy atom. The lowest BCUT2D eigenvalue weighted by molar-refractivity contribution is 0.0389. The molecule has 0 aromatic carbocycles. The Morgan fingerprint density at radius 2 is 1.54 bits per heavy atom. The van der Waals surface area contributed by atoms with Crippen molar-refractivity contribution in [3.8, 4) is 0 Å². The minimum absolute atomic E-state index is 0.491. The summed E-state index contributed by atoms with van der Waals surface area (Å²) in [6.45, 7) is 13.7. The minimum Gasteiger partial charge on any atom is -0.379 e. The average Bonchev–Trinajstić information content (AvgIpc) is 2.70. The molecule has 0 spiro atoms. The van der Waals surface area contributed by atoms with Crippen LogP contribution in [0.3, 0.4) is 0 Å². The molecule has 1 aliphatic rings. The Hall–Kier alpha value is -1.40. The standard InChI is InChI=1S/C17H34N8OS2/c1-5-24(4)8-6-18-16(27)22-20-14(2)15(3)21-23-17(28)19-7-9-25-10-12-26-13-11-25/h5-13H2,1-4H3,(H2,18,22,27)(H2,19,23,28)/b20-14+,21-15+. The lowest BCUT2D eigenvalue weighted by atomic mass is 10.3. The number of likely N-dealkylation sites (N-methyl/N-ethyl adjacent to an activating group) is 1. The Bertz CT molecular complexity index is 549. The SMILES string of the molecule is CCN(C)CCNC(=S)N/N=C(C)/C(C)=N/NC(=S)NCCN1CCOCC1. The van der Waals surface area contributed by atoms with Crippen LogP contribution in [-0.2, 0) is 4.74 Å². The van der Waals surface area contributed by atoms with Crippen molar-refractivity contribution in [2.24, 2.45) is 10.2 Å². The molecule has 0 unspecified atom stereocenters. The number of hydrazone groups is 2. The van der Waals surface area contributed by atoms with E-state index in [0.29, 0.717) is 10.2 Å². The first-order chi connectivity index (χ1) is 13.4. The molecule has 1 saturated heterocycles. The normalized spacial score (nSPS) is 16.0. The Balaban J connectivity index is 2.23. The molecule has 0 atom stereocenters. The molecule has 0 radical (unpaired) electrons. The van der Waals surface area contributed by atoms with Gasteiger partial charge in [0, 0.05) is 39.3 Å². The fourth-order valence-electron chi connectivity index (χ4n) is 2.18. The molecule has 1 heterocycles. The van der Waals surface area contributed by atoms with Crippen LogP contribution in [0.15, 0.2) is 10.2 Å². The summed E-state index contributed by atoms with van der Waals surface area (Å²) >= 11 is 10.5. The van der Waals surface area contributed by atoms with Crippen molar-refractivity contribution in [1.29, 1.82) is 0 Å². The van der Waals surface area contributed by atoms with E-state index < -0.39 is 0 Å². The van der Waals surface area contributed by atoms with Crippen LogP contribution in [0.4, 0.5) is 0 Å². The van der Waals surface area contributed by atoms with Crippen LogP contribution in [-0.4, -0.2) is 97.5 Å². The number of nitrogens with zero attached hydrogens (tertiary/aromatic N) is 4. The number of hydrogen-bond acceptors (Lipinski definition) is 7. The monoisotopic (exact) mass is 430 g/mol. The van der Waals surface area contributed by atoms with Gasteiger partial charge in [0.15, 0.2) is 10.2 Å². The summed E-state index contributed by atoms with van der Waals surface area (Å²) in [6, 6.07) is 0. The third-order valence-electron chi connectivity index (χ3n) is 4.31. The average molecular weight is 431 g/mol. The topological polar surface area (TPSA) is 88.5 Å². The lowest BCUT2D eigenvalue weighted by Crippen LogP contribution is -2.43. The molecule has 1 fully saturated rings. The summed E-state index contributed by atoms with van der Waals surface area (Å²) in [5.41, 5.74) is 7.12. The molecule has 0 saturated carbocycles. The van der Waals surface area contributed by atoms with E-state index in [1.54, 1.807) is 0 Å². The number of ether oxygens (including phenoxy) is 1. The number of hydrogen-bond donors (Lipinski definition) is 4. The van der Waals surface area contributed by atoms with Gasteiger partial charge in [0.05, 0.1) is 24.6 Å². The van der Waals surface area contributed by atoms with Crippen LogP contribution < -0.4 is 21.5 Å². The van der Waals surface area contributed by atoms with Crippen LogP contribution in [0.1, 0.15) is 20.8 Å². The van der Waals surface area contributed by atoms with Gasteiger partial charge in [-0.1, -0.05) is 6.92 Å². The number of thiocarbonyl (C=S) groups is 2. The smallest absolute Gasteiger partial charge is 0.187 e. The molecular formula is C17H34N8OS2. The van der Waals surface area contributed by atoms with Gasteiger partial charge in [0.2, 0.25) is 0 Å². The van der Waals surface area contributed by atoms with Gasteiger partial charge in [0.1, 0.15) is 0 Å². The van der Waals surface area contributed by atoms with Crippen molar-refractivity contribution in [3.05, 3.63) is 0 Å².